The zero-order valence-electron chi connectivity index (χ0n) is 14.7. The molecule has 2 atom stereocenters. The van der Waals surface area contributed by atoms with Gasteiger partial charge in [0, 0.05) is 31.7 Å². The third kappa shape index (κ3) is 4.69. The van der Waals surface area contributed by atoms with Crippen LogP contribution >= 0.6 is 0 Å². The molecule has 23 heavy (non-hydrogen) atoms. The van der Waals surface area contributed by atoms with Gasteiger partial charge in [-0.15, -0.1) is 0 Å². The largest absolute Gasteiger partial charge is 0.373 e. The van der Waals surface area contributed by atoms with Gasteiger partial charge in [0.1, 0.15) is 0 Å². The molecule has 0 aromatic heterocycles. The molecule has 2 aliphatic heterocycles. The standard InChI is InChI=1S/C19H34N2O2/c1-2-10-23-19(8-4-3-5-9-19)14-20-18(22)13-15-11-16-6-7-17(12-15)21-16/h15-17,21H,2-14H2,1H3,(H,20,22). The highest BCUT2D eigenvalue weighted by Gasteiger charge is 2.36. The van der Waals surface area contributed by atoms with Crippen molar-refractivity contribution in [2.45, 2.75) is 95.2 Å². The average molecular weight is 322 g/mol. The summed E-state index contributed by atoms with van der Waals surface area (Å²) in [5.74, 6) is 0.814. The Kier molecular flexibility index (Phi) is 5.97. The van der Waals surface area contributed by atoms with Gasteiger partial charge >= 0.3 is 0 Å². The average Bonchev–Trinajstić information content (AvgIpc) is 2.91. The van der Waals surface area contributed by atoms with Gasteiger partial charge in [0.05, 0.1) is 5.60 Å². The zero-order valence-corrected chi connectivity index (χ0v) is 14.7. The van der Waals surface area contributed by atoms with Crippen LogP contribution in [0.4, 0.5) is 0 Å². The quantitative estimate of drug-likeness (QED) is 0.757. The van der Waals surface area contributed by atoms with Gasteiger partial charge < -0.3 is 15.4 Å². The number of ether oxygens (including phenoxy) is 1. The van der Waals surface area contributed by atoms with Gasteiger partial charge in [0.15, 0.2) is 0 Å². The number of amides is 1. The van der Waals surface area contributed by atoms with E-state index in [-0.39, 0.29) is 11.5 Å². The van der Waals surface area contributed by atoms with E-state index in [4.69, 9.17) is 4.74 Å². The van der Waals surface area contributed by atoms with Gasteiger partial charge in [-0.2, -0.15) is 0 Å². The highest BCUT2D eigenvalue weighted by molar-refractivity contribution is 5.76. The lowest BCUT2D eigenvalue weighted by atomic mass is 9.84. The van der Waals surface area contributed by atoms with Gasteiger partial charge in [-0.25, -0.2) is 0 Å². The topological polar surface area (TPSA) is 50.4 Å². The Balaban J connectivity index is 1.44. The predicted octanol–water partition coefficient (Wildman–Crippen LogP) is 3.15. The first-order valence-electron chi connectivity index (χ1n) is 9.86. The van der Waals surface area contributed by atoms with Crippen molar-refractivity contribution in [3.8, 4) is 0 Å². The molecule has 3 fully saturated rings. The Morgan fingerprint density at radius 1 is 1.17 bits per heavy atom. The summed E-state index contributed by atoms with van der Waals surface area (Å²) >= 11 is 0. The molecule has 2 unspecified atom stereocenters. The van der Waals surface area contributed by atoms with Crippen LogP contribution in [-0.4, -0.2) is 36.7 Å². The van der Waals surface area contributed by atoms with E-state index in [2.05, 4.69) is 17.6 Å². The lowest BCUT2D eigenvalue weighted by molar-refractivity contribution is -0.125. The summed E-state index contributed by atoms with van der Waals surface area (Å²) in [6, 6.07) is 1.34. The van der Waals surface area contributed by atoms with Crippen LogP contribution < -0.4 is 10.6 Å². The fourth-order valence-electron chi connectivity index (χ4n) is 4.82. The van der Waals surface area contributed by atoms with Crippen molar-refractivity contribution in [2.75, 3.05) is 13.2 Å². The predicted molar refractivity (Wildman–Crippen MR) is 92.4 cm³/mol. The van der Waals surface area contributed by atoms with Gasteiger partial charge in [0.2, 0.25) is 5.91 Å². The van der Waals surface area contributed by atoms with Crippen LogP contribution in [0.25, 0.3) is 0 Å². The van der Waals surface area contributed by atoms with Gasteiger partial charge in [-0.05, 0) is 50.9 Å². The molecule has 3 rings (SSSR count). The third-order valence-corrected chi connectivity index (χ3v) is 6.03. The second-order valence-electron chi connectivity index (χ2n) is 8.05. The Bertz CT molecular complexity index is 381. The molecule has 4 nitrogen and oxygen atoms in total. The molecule has 132 valence electrons. The van der Waals surface area contributed by atoms with Crippen molar-refractivity contribution in [1.82, 2.24) is 10.6 Å². The molecule has 2 saturated heterocycles. The van der Waals surface area contributed by atoms with E-state index in [1.807, 2.05) is 0 Å². The molecule has 2 heterocycles. The number of piperidine rings is 1. The van der Waals surface area contributed by atoms with Gasteiger partial charge in [-0.3, -0.25) is 4.79 Å². The van der Waals surface area contributed by atoms with Crippen LogP contribution in [0.5, 0.6) is 0 Å². The van der Waals surface area contributed by atoms with E-state index in [0.717, 1.165) is 25.9 Å². The van der Waals surface area contributed by atoms with Crippen LogP contribution in [0.3, 0.4) is 0 Å². The van der Waals surface area contributed by atoms with Crippen LogP contribution in [-0.2, 0) is 9.53 Å². The number of carbonyl (C=O) groups excluding carboxylic acids is 1. The molecule has 2 N–H and O–H groups in total. The van der Waals surface area contributed by atoms with Crippen molar-refractivity contribution in [3.63, 3.8) is 0 Å². The van der Waals surface area contributed by atoms with E-state index >= 15 is 0 Å². The maximum absolute atomic E-state index is 12.4. The Morgan fingerprint density at radius 2 is 1.87 bits per heavy atom. The maximum atomic E-state index is 12.4. The lowest BCUT2D eigenvalue weighted by Crippen LogP contribution is -2.47. The van der Waals surface area contributed by atoms with Crippen LogP contribution in [0.15, 0.2) is 0 Å². The van der Waals surface area contributed by atoms with E-state index in [1.165, 1.54) is 44.9 Å². The number of carbonyl (C=O) groups is 1. The minimum Gasteiger partial charge on any atom is -0.373 e. The zero-order chi connectivity index (χ0) is 16.1. The fraction of sp³-hybridized carbons (Fsp3) is 0.947. The van der Waals surface area contributed by atoms with Gasteiger partial charge in [0.25, 0.3) is 0 Å². The van der Waals surface area contributed by atoms with E-state index in [0.29, 0.717) is 31.0 Å². The van der Waals surface area contributed by atoms with Crippen LogP contribution in [0, 0.1) is 5.92 Å². The summed E-state index contributed by atoms with van der Waals surface area (Å²) in [4.78, 5) is 12.4. The highest BCUT2D eigenvalue weighted by atomic mass is 16.5. The first-order chi connectivity index (χ1) is 11.2. The molecule has 0 aromatic rings. The third-order valence-electron chi connectivity index (χ3n) is 6.03. The molecule has 1 aliphatic carbocycles. The minimum atomic E-state index is -0.0862. The Hall–Kier alpha value is -0.610. The summed E-state index contributed by atoms with van der Waals surface area (Å²) in [6.45, 7) is 3.68. The van der Waals surface area contributed by atoms with Crippen molar-refractivity contribution < 1.29 is 9.53 Å². The number of fused-ring (bicyclic) bond motifs is 2. The molecule has 3 aliphatic rings. The molecule has 0 radical (unpaired) electrons. The molecule has 4 heteroatoms. The van der Waals surface area contributed by atoms with E-state index in [9.17, 15) is 4.79 Å². The first-order valence-corrected chi connectivity index (χ1v) is 9.86. The van der Waals surface area contributed by atoms with E-state index in [1.54, 1.807) is 0 Å². The highest BCUT2D eigenvalue weighted by Crippen LogP contribution is 2.33. The number of hydrogen-bond acceptors (Lipinski definition) is 3. The Labute approximate surface area is 141 Å². The molecular formula is C19H34N2O2. The van der Waals surface area contributed by atoms with Gasteiger partial charge in [-0.1, -0.05) is 26.2 Å². The van der Waals surface area contributed by atoms with Crippen molar-refractivity contribution in [2.24, 2.45) is 5.92 Å². The summed E-state index contributed by atoms with van der Waals surface area (Å²) < 4.78 is 6.18. The van der Waals surface area contributed by atoms with Crippen LogP contribution in [0.1, 0.15) is 77.6 Å². The second-order valence-corrected chi connectivity index (χ2v) is 8.05. The number of rotatable bonds is 7. The second kappa shape index (κ2) is 7.98. The van der Waals surface area contributed by atoms with Crippen molar-refractivity contribution >= 4 is 5.91 Å². The SMILES string of the molecule is CCCOC1(CNC(=O)CC2CC3CCC(C2)N3)CCCCC1. The molecule has 1 saturated carbocycles. The normalized spacial score (nSPS) is 32.7. The Morgan fingerprint density at radius 3 is 2.52 bits per heavy atom. The van der Waals surface area contributed by atoms with Crippen molar-refractivity contribution in [3.05, 3.63) is 0 Å². The number of hydrogen-bond donors (Lipinski definition) is 2. The summed E-state index contributed by atoms with van der Waals surface area (Å²) in [7, 11) is 0. The molecule has 0 aromatic carbocycles. The first kappa shape index (κ1) is 17.2. The molecule has 1 amide bonds. The summed E-state index contributed by atoms with van der Waals surface area (Å²) in [5.41, 5.74) is -0.0862. The monoisotopic (exact) mass is 322 g/mol. The molecular weight excluding hydrogens is 288 g/mol. The smallest absolute Gasteiger partial charge is 0.220 e. The summed E-state index contributed by atoms with van der Waals surface area (Å²) in [5, 5.41) is 6.87. The molecule has 0 spiro atoms. The number of nitrogens with one attached hydrogen (secondary N) is 2. The van der Waals surface area contributed by atoms with Crippen molar-refractivity contribution in [1.29, 1.82) is 0 Å². The van der Waals surface area contributed by atoms with E-state index < -0.39 is 0 Å². The fourth-order valence-corrected chi connectivity index (χ4v) is 4.82. The summed E-state index contributed by atoms with van der Waals surface area (Å²) in [6.07, 6.45) is 12.7. The van der Waals surface area contributed by atoms with Crippen LogP contribution in [0.2, 0.25) is 0 Å². The minimum absolute atomic E-state index is 0.0862. The maximum Gasteiger partial charge on any atom is 0.220 e. The molecule has 2 bridgehead atoms. The lowest BCUT2D eigenvalue weighted by Gasteiger charge is -2.37.